The second-order valence-corrected chi connectivity index (χ2v) is 6.87. The molecule has 0 saturated carbocycles. The minimum Gasteiger partial charge on any atom is -0.408 e. The predicted octanol–water partition coefficient (Wildman–Crippen LogP) is 3.72. The number of fused-ring (bicyclic) bond motifs is 1. The Hall–Kier alpha value is -2.57. The number of aromatic nitrogens is 1. The zero-order valence-electron chi connectivity index (χ0n) is 15.1. The summed E-state index contributed by atoms with van der Waals surface area (Å²) in [7, 11) is 0. The van der Waals surface area contributed by atoms with Gasteiger partial charge in [0.05, 0.1) is 23.2 Å². The molecule has 0 aliphatic heterocycles. The van der Waals surface area contributed by atoms with Gasteiger partial charge in [0.15, 0.2) is 5.58 Å². The Balaban J connectivity index is 1.90. The molecule has 3 N–H and O–H groups in total. The van der Waals surface area contributed by atoms with Crippen LogP contribution in [-0.4, -0.2) is 22.0 Å². The first-order valence-corrected chi connectivity index (χ1v) is 9.16. The highest BCUT2D eigenvalue weighted by atomic mass is 35.5. The van der Waals surface area contributed by atoms with Crippen LogP contribution in [-0.2, 0) is 0 Å². The lowest BCUT2D eigenvalue weighted by atomic mass is 9.95. The number of H-pyrrole nitrogens is 1. The van der Waals surface area contributed by atoms with Crippen molar-refractivity contribution in [1.29, 1.82) is 0 Å². The molecule has 0 saturated heterocycles. The summed E-state index contributed by atoms with van der Waals surface area (Å²) in [5, 5.41) is 14.3. The first-order chi connectivity index (χ1) is 12.9. The summed E-state index contributed by atoms with van der Waals surface area (Å²) >= 11 is 6.17. The highest BCUT2D eigenvalue weighted by molar-refractivity contribution is 6.31. The average Bonchev–Trinajstić information content (AvgIpc) is 3.03. The Morgan fingerprint density at radius 1 is 1.30 bits per heavy atom. The van der Waals surface area contributed by atoms with Gasteiger partial charge >= 0.3 is 5.76 Å². The van der Waals surface area contributed by atoms with Crippen molar-refractivity contribution >= 4 is 28.6 Å². The summed E-state index contributed by atoms with van der Waals surface area (Å²) < 4.78 is 5.00. The molecule has 3 aromatic rings. The summed E-state index contributed by atoms with van der Waals surface area (Å²) in [6.07, 6.45) is 0.445. The maximum atomic E-state index is 12.8. The zero-order valence-corrected chi connectivity index (χ0v) is 15.8. The number of aliphatic hydroxyl groups is 1. The molecule has 0 fully saturated rings. The molecule has 142 valence electrons. The molecule has 0 bridgehead atoms. The molecule has 1 heterocycles. The van der Waals surface area contributed by atoms with Gasteiger partial charge in [-0.15, -0.1) is 0 Å². The number of carbonyl (C=O) groups excluding carboxylic acids is 1. The number of rotatable bonds is 6. The van der Waals surface area contributed by atoms with Crippen molar-refractivity contribution in [3.05, 3.63) is 68.7 Å². The number of carbonyl (C=O) groups is 1. The number of amides is 1. The number of benzene rings is 2. The molecule has 1 amide bonds. The highest BCUT2D eigenvalue weighted by Crippen LogP contribution is 2.28. The van der Waals surface area contributed by atoms with Gasteiger partial charge in [0, 0.05) is 5.02 Å². The topological polar surface area (TPSA) is 95.3 Å². The Bertz CT molecular complexity index is 1020. The second-order valence-electron chi connectivity index (χ2n) is 6.46. The molecule has 0 aliphatic carbocycles. The van der Waals surface area contributed by atoms with E-state index >= 15 is 0 Å². The average molecular weight is 389 g/mol. The van der Waals surface area contributed by atoms with Gasteiger partial charge in [-0.2, -0.15) is 0 Å². The molecule has 0 radical (unpaired) electrons. The van der Waals surface area contributed by atoms with Crippen LogP contribution < -0.4 is 11.1 Å². The zero-order chi connectivity index (χ0) is 19.6. The van der Waals surface area contributed by atoms with Crippen molar-refractivity contribution in [2.45, 2.75) is 38.8 Å². The molecule has 7 heteroatoms. The summed E-state index contributed by atoms with van der Waals surface area (Å²) in [4.78, 5) is 26.8. The van der Waals surface area contributed by atoms with Gasteiger partial charge in [-0.1, -0.05) is 43.1 Å². The van der Waals surface area contributed by atoms with E-state index in [1.807, 2.05) is 13.8 Å². The molecular weight excluding hydrogens is 368 g/mol. The van der Waals surface area contributed by atoms with Crippen LogP contribution >= 0.6 is 11.6 Å². The SMILES string of the molecule is CCC[C@@H](NC(=O)c1cccc2oc(=O)[nH]c12)[C@@H](O)c1cccc(Cl)c1C. The van der Waals surface area contributed by atoms with E-state index in [0.717, 1.165) is 12.0 Å². The van der Waals surface area contributed by atoms with Gasteiger partial charge < -0.3 is 14.8 Å². The Kier molecular flexibility index (Phi) is 5.68. The van der Waals surface area contributed by atoms with E-state index < -0.39 is 23.8 Å². The molecule has 6 nitrogen and oxygen atoms in total. The quantitative estimate of drug-likeness (QED) is 0.599. The number of oxazole rings is 1. The van der Waals surface area contributed by atoms with Crippen molar-refractivity contribution in [2.24, 2.45) is 0 Å². The van der Waals surface area contributed by atoms with Crippen LogP contribution in [0.15, 0.2) is 45.6 Å². The third-order valence-corrected chi connectivity index (χ3v) is 5.04. The number of para-hydroxylation sites is 1. The standard InChI is InChI=1S/C20H21ClN2O4/c1-3-6-15(18(24)12-7-4-9-14(21)11(12)2)22-19(25)13-8-5-10-16-17(13)23-20(26)27-16/h4-5,7-10,15,18,24H,3,6H2,1-2H3,(H,22,25)(H,23,26)/t15-,18+/m1/s1. The monoisotopic (exact) mass is 388 g/mol. The predicted molar refractivity (Wildman–Crippen MR) is 104 cm³/mol. The molecule has 27 heavy (non-hydrogen) atoms. The number of halogens is 1. The molecule has 0 unspecified atom stereocenters. The number of nitrogens with one attached hydrogen (secondary N) is 2. The van der Waals surface area contributed by atoms with E-state index in [4.69, 9.17) is 16.0 Å². The minimum atomic E-state index is -0.907. The van der Waals surface area contributed by atoms with E-state index in [9.17, 15) is 14.7 Å². The largest absolute Gasteiger partial charge is 0.417 e. The summed E-state index contributed by atoms with van der Waals surface area (Å²) in [5.41, 5.74) is 2.39. The molecule has 3 rings (SSSR count). The highest BCUT2D eigenvalue weighted by Gasteiger charge is 2.25. The van der Waals surface area contributed by atoms with Crippen LogP contribution in [0.25, 0.3) is 11.1 Å². The van der Waals surface area contributed by atoms with E-state index in [0.29, 0.717) is 28.1 Å². The van der Waals surface area contributed by atoms with Crippen LogP contribution in [0.1, 0.15) is 47.4 Å². The van der Waals surface area contributed by atoms with Crippen LogP contribution in [0.4, 0.5) is 0 Å². The molecular formula is C20H21ClN2O4. The summed E-state index contributed by atoms with van der Waals surface area (Å²) in [5.74, 6) is -1.01. The maximum Gasteiger partial charge on any atom is 0.417 e. The van der Waals surface area contributed by atoms with Crippen molar-refractivity contribution in [3.63, 3.8) is 0 Å². The maximum absolute atomic E-state index is 12.8. The van der Waals surface area contributed by atoms with Crippen LogP contribution in [0.5, 0.6) is 0 Å². The van der Waals surface area contributed by atoms with Gasteiger partial charge in [-0.05, 0) is 42.7 Å². The first-order valence-electron chi connectivity index (χ1n) is 8.78. The van der Waals surface area contributed by atoms with E-state index in [2.05, 4.69) is 10.3 Å². The minimum absolute atomic E-state index is 0.287. The lowest BCUT2D eigenvalue weighted by molar-refractivity contribution is 0.0820. The molecule has 0 aliphatic rings. The molecule has 2 aromatic carbocycles. The van der Waals surface area contributed by atoms with Crippen LogP contribution in [0.3, 0.4) is 0 Å². The van der Waals surface area contributed by atoms with Gasteiger partial charge in [0.25, 0.3) is 5.91 Å². The van der Waals surface area contributed by atoms with Crippen molar-refractivity contribution in [3.8, 4) is 0 Å². The van der Waals surface area contributed by atoms with Crippen LogP contribution in [0.2, 0.25) is 5.02 Å². The Morgan fingerprint density at radius 3 is 2.78 bits per heavy atom. The summed E-state index contributed by atoms with van der Waals surface area (Å²) in [6, 6.07) is 9.68. The Morgan fingerprint density at radius 2 is 2.04 bits per heavy atom. The van der Waals surface area contributed by atoms with Gasteiger partial charge in [-0.3, -0.25) is 9.78 Å². The second kappa shape index (κ2) is 7.98. The lowest BCUT2D eigenvalue weighted by Crippen LogP contribution is -2.39. The fraction of sp³-hybridized carbons (Fsp3) is 0.300. The molecule has 1 aromatic heterocycles. The normalized spacial score (nSPS) is 13.5. The number of aliphatic hydroxyl groups excluding tert-OH is 1. The fourth-order valence-electron chi connectivity index (χ4n) is 3.19. The van der Waals surface area contributed by atoms with E-state index in [-0.39, 0.29) is 5.56 Å². The third-order valence-electron chi connectivity index (χ3n) is 4.63. The van der Waals surface area contributed by atoms with E-state index in [1.54, 1.807) is 36.4 Å². The Labute approximate surface area is 161 Å². The van der Waals surface area contributed by atoms with Gasteiger partial charge in [0.1, 0.15) is 0 Å². The van der Waals surface area contributed by atoms with Crippen molar-refractivity contribution < 1.29 is 14.3 Å². The van der Waals surface area contributed by atoms with E-state index in [1.165, 1.54) is 0 Å². The van der Waals surface area contributed by atoms with Gasteiger partial charge in [-0.25, -0.2) is 4.79 Å². The fourth-order valence-corrected chi connectivity index (χ4v) is 3.37. The van der Waals surface area contributed by atoms with Crippen LogP contribution in [0, 0.1) is 6.92 Å². The van der Waals surface area contributed by atoms with Crippen molar-refractivity contribution in [2.75, 3.05) is 0 Å². The van der Waals surface area contributed by atoms with Crippen molar-refractivity contribution in [1.82, 2.24) is 10.3 Å². The first kappa shape index (κ1) is 19.2. The number of hydrogen-bond acceptors (Lipinski definition) is 4. The molecule has 2 atom stereocenters. The number of hydrogen-bond donors (Lipinski definition) is 3. The lowest BCUT2D eigenvalue weighted by Gasteiger charge is -2.25. The summed E-state index contributed by atoms with van der Waals surface area (Å²) in [6.45, 7) is 3.81. The third kappa shape index (κ3) is 3.91. The number of aromatic amines is 1. The molecule has 0 spiro atoms. The smallest absolute Gasteiger partial charge is 0.408 e. The van der Waals surface area contributed by atoms with Gasteiger partial charge in [0.2, 0.25) is 0 Å².